The van der Waals surface area contributed by atoms with E-state index in [2.05, 4.69) is 54.5 Å². The Labute approximate surface area is 250 Å². The maximum Gasteiger partial charge on any atom is 0.331 e. The molecule has 0 bridgehead atoms. The van der Waals surface area contributed by atoms with Gasteiger partial charge in [0.2, 0.25) is 0 Å². The SMILES string of the molecule is CC(C)=CCCC(C)C1CCC2(C)C3CCC4C(C)(C)C(OC(=O)/C=C/c5ccccc5)CCC45CC35CCC12C. The Kier molecular flexibility index (Phi) is 7.22. The maximum atomic E-state index is 12.9. The van der Waals surface area contributed by atoms with Gasteiger partial charge in [0.05, 0.1) is 0 Å². The van der Waals surface area contributed by atoms with Crippen LogP contribution >= 0.6 is 0 Å². The summed E-state index contributed by atoms with van der Waals surface area (Å²) in [5, 5.41) is 0. The first-order valence-electron chi connectivity index (χ1n) is 17.0. The second kappa shape index (κ2) is 10.1. The van der Waals surface area contributed by atoms with Gasteiger partial charge in [-0.05, 0) is 141 Å². The molecule has 0 amide bonds. The van der Waals surface area contributed by atoms with Gasteiger partial charge >= 0.3 is 5.97 Å². The van der Waals surface area contributed by atoms with Crippen molar-refractivity contribution >= 4 is 12.0 Å². The number of fused-ring (bicyclic) bond motifs is 2. The summed E-state index contributed by atoms with van der Waals surface area (Å²) in [5.74, 6) is 3.06. The molecular weight excluding hydrogens is 500 g/mol. The van der Waals surface area contributed by atoms with Gasteiger partial charge in [0, 0.05) is 11.5 Å². The minimum absolute atomic E-state index is 0.0159. The first-order valence-corrected chi connectivity index (χ1v) is 17.0. The Morgan fingerprint density at radius 2 is 1.61 bits per heavy atom. The Morgan fingerprint density at radius 1 is 0.902 bits per heavy atom. The summed E-state index contributed by atoms with van der Waals surface area (Å²) in [6.07, 6.45) is 20.7. The van der Waals surface area contributed by atoms with Crippen LogP contribution in [0.1, 0.15) is 125 Å². The Balaban J connectivity index is 1.17. The molecule has 1 aromatic rings. The summed E-state index contributed by atoms with van der Waals surface area (Å²) < 4.78 is 6.24. The van der Waals surface area contributed by atoms with Crippen LogP contribution < -0.4 is 0 Å². The van der Waals surface area contributed by atoms with Gasteiger partial charge in [-0.25, -0.2) is 4.79 Å². The number of rotatable bonds is 7. The Bertz CT molecular complexity index is 1210. The van der Waals surface area contributed by atoms with Gasteiger partial charge in [-0.1, -0.05) is 76.6 Å². The highest BCUT2D eigenvalue weighted by molar-refractivity contribution is 5.87. The van der Waals surface area contributed by atoms with Crippen LogP contribution in [0.4, 0.5) is 0 Å². The number of benzene rings is 1. The molecule has 6 rings (SSSR count). The van der Waals surface area contributed by atoms with Gasteiger partial charge in [0.1, 0.15) is 6.10 Å². The van der Waals surface area contributed by atoms with Crippen molar-refractivity contribution in [2.45, 2.75) is 125 Å². The van der Waals surface area contributed by atoms with Gasteiger partial charge in [0.15, 0.2) is 0 Å². The predicted octanol–water partition coefficient (Wildman–Crippen LogP) is 10.4. The van der Waals surface area contributed by atoms with Crippen LogP contribution in [0.15, 0.2) is 48.1 Å². The zero-order chi connectivity index (χ0) is 29.3. The van der Waals surface area contributed by atoms with E-state index in [1.54, 1.807) is 6.08 Å². The fourth-order valence-electron chi connectivity index (χ4n) is 12.2. The van der Waals surface area contributed by atoms with Crippen molar-refractivity contribution in [3.8, 4) is 0 Å². The normalized spacial score (nSPS) is 42.8. The lowest BCUT2D eigenvalue weighted by Gasteiger charge is -2.63. The van der Waals surface area contributed by atoms with Crippen LogP contribution in [0.3, 0.4) is 0 Å². The van der Waals surface area contributed by atoms with Gasteiger partial charge in [0.25, 0.3) is 0 Å². The van der Waals surface area contributed by atoms with E-state index < -0.39 is 0 Å². The van der Waals surface area contributed by atoms with Crippen LogP contribution in [0.5, 0.6) is 0 Å². The standard InChI is InChI=1S/C39H56O2/c1-27(2)12-11-13-28(3)30-20-22-37(7)32-18-17-31-35(4,5)33(41-34(40)19-16-29-14-9-8-10-15-29)21-23-38(31)26-39(32,38)25-24-36(30,37)6/h8-10,12,14-16,19,28,30-33H,11,13,17-18,20-26H2,1-7H3/b19-16+. The quantitative estimate of drug-likeness (QED) is 0.190. The van der Waals surface area contributed by atoms with E-state index in [4.69, 9.17) is 4.74 Å². The number of carbonyl (C=O) groups excluding carboxylic acids is 1. The van der Waals surface area contributed by atoms with E-state index in [1.165, 1.54) is 69.8 Å². The third-order valence-corrected chi connectivity index (χ3v) is 14.4. The molecule has 0 saturated heterocycles. The van der Waals surface area contributed by atoms with E-state index in [1.807, 2.05) is 36.4 Å². The van der Waals surface area contributed by atoms with Gasteiger partial charge in [-0.3, -0.25) is 0 Å². The van der Waals surface area contributed by atoms with Crippen molar-refractivity contribution in [3.63, 3.8) is 0 Å². The molecule has 0 radical (unpaired) electrons. The second-order valence-electron chi connectivity index (χ2n) is 16.5. The summed E-state index contributed by atoms with van der Waals surface area (Å²) in [6, 6.07) is 10.1. The molecule has 5 saturated carbocycles. The highest BCUT2D eigenvalue weighted by Crippen LogP contribution is 2.89. The number of allylic oxidation sites excluding steroid dienone is 2. The van der Waals surface area contributed by atoms with Gasteiger partial charge in [-0.15, -0.1) is 0 Å². The molecule has 5 aliphatic carbocycles. The molecule has 5 fully saturated rings. The zero-order valence-electron chi connectivity index (χ0n) is 27.1. The lowest BCUT2D eigenvalue weighted by atomic mass is 9.41. The van der Waals surface area contributed by atoms with E-state index in [0.29, 0.717) is 27.6 Å². The highest BCUT2D eigenvalue weighted by Gasteiger charge is 2.82. The zero-order valence-corrected chi connectivity index (χ0v) is 27.1. The van der Waals surface area contributed by atoms with E-state index in [0.717, 1.165) is 29.7 Å². The molecule has 9 unspecified atom stereocenters. The topological polar surface area (TPSA) is 26.3 Å². The van der Waals surface area contributed by atoms with Crippen molar-refractivity contribution in [2.24, 2.45) is 50.7 Å². The van der Waals surface area contributed by atoms with Gasteiger partial charge < -0.3 is 4.74 Å². The summed E-state index contributed by atoms with van der Waals surface area (Å²) in [4.78, 5) is 12.9. The first kappa shape index (κ1) is 29.3. The fraction of sp³-hybridized carbons (Fsp3) is 0.718. The monoisotopic (exact) mass is 556 g/mol. The Hall–Kier alpha value is -1.83. The van der Waals surface area contributed by atoms with Crippen molar-refractivity contribution < 1.29 is 9.53 Å². The third kappa shape index (κ3) is 4.35. The van der Waals surface area contributed by atoms with Crippen LogP contribution in [0, 0.1) is 50.7 Å². The van der Waals surface area contributed by atoms with Crippen LogP contribution in [0.25, 0.3) is 6.08 Å². The molecule has 0 aliphatic heterocycles. The molecule has 5 aliphatic rings. The van der Waals surface area contributed by atoms with Crippen molar-refractivity contribution in [3.05, 3.63) is 53.6 Å². The minimum Gasteiger partial charge on any atom is -0.459 e. The van der Waals surface area contributed by atoms with E-state index in [-0.39, 0.29) is 17.5 Å². The second-order valence-corrected chi connectivity index (χ2v) is 16.5. The summed E-state index contributed by atoms with van der Waals surface area (Å²) in [5.41, 5.74) is 4.53. The van der Waals surface area contributed by atoms with Crippen LogP contribution in [-0.4, -0.2) is 12.1 Å². The molecule has 0 aromatic heterocycles. The minimum atomic E-state index is -0.182. The molecule has 2 spiro atoms. The van der Waals surface area contributed by atoms with Crippen molar-refractivity contribution in [1.82, 2.24) is 0 Å². The van der Waals surface area contributed by atoms with Crippen LogP contribution in [0.2, 0.25) is 0 Å². The van der Waals surface area contributed by atoms with E-state index >= 15 is 0 Å². The molecule has 0 heterocycles. The maximum absolute atomic E-state index is 12.9. The lowest BCUT2D eigenvalue weighted by Crippen LogP contribution is -2.58. The van der Waals surface area contributed by atoms with E-state index in [9.17, 15) is 4.79 Å². The third-order valence-electron chi connectivity index (χ3n) is 14.4. The van der Waals surface area contributed by atoms with Crippen molar-refractivity contribution in [2.75, 3.05) is 0 Å². The smallest absolute Gasteiger partial charge is 0.331 e. The molecule has 224 valence electrons. The van der Waals surface area contributed by atoms with Gasteiger partial charge in [-0.2, -0.15) is 0 Å². The average molecular weight is 557 g/mol. The number of carbonyl (C=O) groups is 1. The Morgan fingerprint density at radius 3 is 2.34 bits per heavy atom. The average Bonchev–Trinajstić information content (AvgIpc) is 3.51. The summed E-state index contributed by atoms with van der Waals surface area (Å²) in [7, 11) is 0. The predicted molar refractivity (Wildman–Crippen MR) is 170 cm³/mol. The number of hydrogen-bond acceptors (Lipinski definition) is 2. The molecular formula is C39H56O2. The molecule has 41 heavy (non-hydrogen) atoms. The molecule has 9 atom stereocenters. The molecule has 1 aromatic carbocycles. The molecule has 0 N–H and O–H groups in total. The molecule has 2 nitrogen and oxygen atoms in total. The summed E-state index contributed by atoms with van der Waals surface area (Å²) >= 11 is 0. The summed E-state index contributed by atoms with van der Waals surface area (Å²) in [6.45, 7) is 17.4. The number of ether oxygens (including phenoxy) is 1. The highest BCUT2D eigenvalue weighted by atomic mass is 16.5. The van der Waals surface area contributed by atoms with Crippen molar-refractivity contribution in [1.29, 1.82) is 0 Å². The number of esters is 1. The fourth-order valence-corrected chi connectivity index (χ4v) is 12.2. The lowest BCUT2D eigenvalue weighted by molar-refractivity contribution is -0.179. The van der Waals surface area contributed by atoms with Crippen LogP contribution in [-0.2, 0) is 9.53 Å². The largest absolute Gasteiger partial charge is 0.459 e. The number of hydrogen-bond donors (Lipinski definition) is 0. The molecule has 2 heteroatoms. The first-order chi connectivity index (χ1) is 19.4.